The molecule has 0 spiro atoms. The predicted molar refractivity (Wildman–Crippen MR) is 126 cm³/mol. The standard InChI is InChI=1S/C28H25N/c1-18-6-5-7-20(16-18)27-25-13-12-23-22(24(25)14-15-29-27)11-9-19-8-10-21(17-26(19)23)28(2,3)4/h5-17H,1-4H3. The van der Waals surface area contributed by atoms with Gasteiger partial charge in [-0.25, -0.2) is 0 Å². The molecule has 1 heterocycles. The third-order valence-electron chi connectivity index (χ3n) is 5.92. The molecule has 0 atom stereocenters. The van der Waals surface area contributed by atoms with Crippen molar-refractivity contribution in [1.82, 2.24) is 4.98 Å². The van der Waals surface area contributed by atoms with E-state index in [0.717, 1.165) is 5.69 Å². The Balaban J connectivity index is 1.83. The number of hydrogen-bond acceptors (Lipinski definition) is 1. The molecule has 29 heavy (non-hydrogen) atoms. The average Bonchev–Trinajstić information content (AvgIpc) is 2.71. The molecule has 0 aliphatic rings. The highest BCUT2D eigenvalue weighted by molar-refractivity contribution is 6.19. The number of aromatic nitrogens is 1. The van der Waals surface area contributed by atoms with Gasteiger partial charge in [0.2, 0.25) is 0 Å². The summed E-state index contributed by atoms with van der Waals surface area (Å²) in [5.74, 6) is 0. The Morgan fingerprint density at radius 3 is 2.14 bits per heavy atom. The van der Waals surface area contributed by atoms with Crippen molar-refractivity contribution in [1.29, 1.82) is 0 Å². The maximum Gasteiger partial charge on any atom is 0.0780 e. The van der Waals surface area contributed by atoms with E-state index in [1.165, 1.54) is 49.0 Å². The Kier molecular flexibility index (Phi) is 3.96. The quantitative estimate of drug-likeness (QED) is 0.272. The molecular weight excluding hydrogens is 350 g/mol. The number of rotatable bonds is 1. The summed E-state index contributed by atoms with van der Waals surface area (Å²) in [5.41, 5.74) is 4.98. The van der Waals surface area contributed by atoms with Gasteiger partial charge in [0.05, 0.1) is 5.69 Å². The monoisotopic (exact) mass is 375 g/mol. The zero-order valence-electron chi connectivity index (χ0n) is 17.5. The Hall–Kier alpha value is -3.19. The van der Waals surface area contributed by atoms with Crippen LogP contribution in [-0.2, 0) is 5.41 Å². The van der Waals surface area contributed by atoms with Crippen molar-refractivity contribution in [3.05, 3.63) is 90.1 Å². The van der Waals surface area contributed by atoms with E-state index < -0.39 is 0 Å². The van der Waals surface area contributed by atoms with Crippen LogP contribution in [0.25, 0.3) is 43.6 Å². The number of nitrogens with zero attached hydrogens (tertiary/aromatic N) is 1. The van der Waals surface area contributed by atoms with E-state index >= 15 is 0 Å². The highest BCUT2D eigenvalue weighted by Crippen LogP contribution is 2.36. The first kappa shape index (κ1) is 17.9. The second kappa shape index (κ2) is 6.42. The first-order valence-electron chi connectivity index (χ1n) is 10.2. The summed E-state index contributed by atoms with van der Waals surface area (Å²) >= 11 is 0. The summed E-state index contributed by atoms with van der Waals surface area (Å²) in [4.78, 5) is 4.73. The van der Waals surface area contributed by atoms with Gasteiger partial charge in [-0.15, -0.1) is 0 Å². The Morgan fingerprint density at radius 2 is 1.34 bits per heavy atom. The van der Waals surface area contributed by atoms with Crippen molar-refractivity contribution < 1.29 is 0 Å². The maximum atomic E-state index is 4.73. The fourth-order valence-corrected chi connectivity index (χ4v) is 4.29. The normalized spacial score (nSPS) is 12.1. The first-order valence-corrected chi connectivity index (χ1v) is 10.2. The molecule has 0 radical (unpaired) electrons. The van der Waals surface area contributed by atoms with E-state index in [1.54, 1.807) is 0 Å². The van der Waals surface area contributed by atoms with E-state index in [4.69, 9.17) is 4.98 Å². The van der Waals surface area contributed by atoms with Gasteiger partial charge in [0.1, 0.15) is 0 Å². The third kappa shape index (κ3) is 2.98. The molecule has 0 aliphatic heterocycles. The van der Waals surface area contributed by atoms with Gasteiger partial charge in [0, 0.05) is 17.1 Å². The van der Waals surface area contributed by atoms with Crippen molar-refractivity contribution in [2.24, 2.45) is 0 Å². The lowest BCUT2D eigenvalue weighted by molar-refractivity contribution is 0.591. The van der Waals surface area contributed by atoms with E-state index in [2.05, 4.69) is 100 Å². The molecule has 0 fully saturated rings. The minimum absolute atomic E-state index is 0.134. The van der Waals surface area contributed by atoms with Crippen molar-refractivity contribution in [3.8, 4) is 11.3 Å². The zero-order chi connectivity index (χ0) is 20.2. The van der Waals surface area contributed by atoms with Gasteiger partial charge >= 0.3 is 0 Å². The molecule has 142 valence electrons. The van der Waals surface area contributed by atoms with Crippen molar-refractivity contribution in [2.45, 2.75) is 33.1 Å². The van der Waals surface area contributed by atoms with Crippen LogP contribution >= 0.6 is 0 Å². The molecule has 5 aromatic rings. The molecule has 0 saturated carbocycles. The third-order valence-corrected chi connectivity index (χ3v) is 5.92. The molecular formula is C28H25N. The van der Waals surface area contributed by atoms with Crippen molar-refractivity contribution >= 4 is 32.3 Å². The van der Waals surface area contributed by atoms with Gasteiger partial charge in [-0.1, -0.05) is 87.0 Å². The van der Waals surface area contributed by atoms with Crippen molar-refractivity contribution in [2.75, 3.05) is 0 Å². The van der Waals surface area contributed by atoms with E-state index in [0.29, 0.717) is 0 Å². The van der Waals surface area contributed by atoms with Crippen molar-refractivity contribution in [3.63, 3.8) is 0 Å². The number of fused-ring (bicyclic) bond motifs is 5. The summed E-state index contributed by atoms with van der Waals surface area (Å²) in [6.45, 7) is 8.94. The summed E-state index contributed by atoms with van der Waals surface area (Å²) in [5, 5.41) is 7.68. The molecule has 5 rings (SSSR count). The largest absolute Gasteiger partial charge is 0.256 e. The Bertz CT molecular complexity index is 1390. The van der Waals surface area contributed by atoms with Gasteiger partial charge in [0.15, 0.2) is 0 Å². The molecule has 0 unspecified atom stereocenters. The van der Waals surface area contributed by atoms with Crippen LogP contribution in [0.3, 0.4) is 0 Å². The molecule has 1 aromatic heterocycles. The lowest BCUT2D eigenvalue weighted by Crippen LogP contribution is -2.10. The van der Waals surface area contributed by atoms with Gasteiger partial charge in [0.25, 0.3) is 0 Å². The number of pyridine rings is 1. The minimum atomic E-state index is 0.134. The van der Waals surface area contributed by atoms with Crippen LogP contribution in [0.5, 0.6) is 0 Å². The van der Waals surface area contributed by atoms with E-state index in [9.17, 15) is 0 Å². The number of hydrogen-bond donors (Lipinski definition) is 0. The zero-order valence-corrected chi connectivity index (χ0v) is 17.5. The number of aryl methyl sites for hydroxylation is 1. The molecule has 4 aromatic carbocycles. The lowest BCUT2D eigenvalue weighted by Gasteiger charge is -2.20. The first-order chi connectivity index (χ1) is 13.9. The molecule has 0 aliphatic carbocycles. The predicted octanol–water partition coefficient (Wildman–Crippen LogP) is 7.81. The fraction of sp³-hybridized carbons (Fsp3) is 0.179. The molecule has 0 N–H and O–H groups in total. The maximum absolute atomic E-state index is 4.73. The minimum Gasteiger partial charge on any atom is -0.256 e. The van der Waals surface area contributed by atoms with E-state index in [-0.39, 0.29) is 5.41 Å². The van der Waals surface area contributed by atoms with E-state index in [1.807, 2.05) is 6.20 Å². The molecule has 1 heteroatoms. The van der Waals surface area contributed by atoms with Crippen LogP contribution in [0.15, 0.2) is 79.0 Å². The van der Waals surface area contributed by atoms with Gasteiger partial charge < -0.3 is 0 Å². The molecule has 1 nitrogen and oxygen atoms in total. The summed E-state index contributed by atoms with van der Waals surface area (Å²) in [6.07, 6.45) is 1.94. The molecule has 0 saturated heterocycles. The summed E-state index contributed by atoms with van der Waals surface area (Å²) in [6, 6.07) is 26.6. The van der Waals surface area contributed by atoms with Gasteiger partial charge in [-0.2, -0.15) is 0 Å². The highest BCUT2D eigenvalue weighted by atomic mass is 14.7. The lowest BCUT2D eigenvalue weighted by atomic mass is 9.85. The van der Waals surface area contributed by atoms with Gasteiger partial charge in [-0.05, 0) is 57.0 Å². The number of benzene rings is 4. The average molecular weight is 376 g/mol. The van der Waals surface area contributed by atoms with Gasteiger partial charge in [-0.3, -0.25) is 4.98 Å². The molecule has 0 bridgehead atoms. The Labute approximate surface area is 172 Å². The summed E-state index contributed by atoms with van der Waals surface area (Å²) in [7, 11) is 0. The fourth-order valence-electron chi connectivity index (χ4n) is 4.29. The highest BCUT2D eigenvalue weighted by Gasteiger charge is 2.15. The second-order valence-electron chi connectivity index (χ2n) is 9.04. The molecule has 0 amide bonds. The topological polar surface area (TPSA) is 12.9 Å². The SMILES string of the molecule is Cc1cccc(-c2nccc3c2ccc2c4cc(C(C)(C)C)ccc4ccc32)c1. The smallest absolute Gasteiger partial charge is 0.0780 e. The second-order valence-corrected chi connectivity index (χ2v) is 9.04. The van der Waals surface area contributed by atoms with Crippen LogP contribution in [0.2, 0.25) is 0 Å². The van der Waals surface area contributed by atoms with Crippen LogP contribution in [-0.4, -0.2) is 4.98 Å². The van der Waals surface area contributed by atoms with Crippen LogP contribution < -0.4 is 0 Å². The Morgan fingerprint density at radius 1 is 0.655 bits per heavy atom. The summed E-state index contributed by atoms with van der Waals surface area (Å²) < 4.78 is 0. The van der Waals surface area contributed by atoms with Crippen LogP contribution in [0, 0.1) is 6.92 Å². The van der Waals surface area contributed by atoms with Crippen LogP contribution in [0.1, 0.15) is 31.9 Å². The van der Waals surface area contributed by atoms with Crippen LogP contribution in [0.4, 0.5) is 0 Å².